The fourth-order valence-corrected chi connectivity index (χ4v) is 4.10. The molecular formula is C26H26Cl2N2O4. The second-order valence-electron chi connectivity index (χ2n) is 7.91. The fraction of sp³-hybridized carbons (Fsp3) is 0.269. The van der Waals surface area contributed by atoms with Crippen LogP contribution in [0.5, 0.6) is 11.5 Å². The van der Waals surface area contributed by atoms with Gasteiger partial charge < -0.3 is 19.5 Å². The average molecular weight is 501 g/mol. The Kier molecular flexibility index (Phi) is 8.29. The number of rotatable bonds is 8. The van der Waals surface area contributed by atoms with E-state index in [1.54, 1.807) is 43.5 Å². The number of hydrogen-bond acceptors (Lipinski definition) is 5. The molecule has 1 saturated heterocycles. The van der Waals surface area contributed by atoms with Gasteiger partial charge in [0, 0.05) is 36.4 Å². The van der Waals surface area contributed by atoms with Gasteiger partial charge in [-0.05, 0) is 48.0 Å². The van der Waals surface area contributed by atoms with E-state index in [4.69, 9.17) is 37.4 Å². The lowest BCUT2D eigenvalue weighted by atomic mass is 10.1. The summed E-state index contributed by atoms with van der Waals surface area (Å²) in [5.41, 5.74) is 3.10. The summed E-state index contributed by atoms with van der Waals surface area (Å²) in [5.74, 6) is 0.860. The molecular weight excluding hydrogens is 475 g/mol. The molecule has 1 aliphatic rings. The highest BCUT2D eigenvalue weighted by Gasteiger charge is 2.14. The van der Waals surface area contributed by atoms with Crippen molar-refractivity contribution in [2.24, 2.45) is 0 Å². The summed E-state index contributed by atoms with van der Waals surface area (Å²) in [5, 5.41) is 3.74. The number of methoxy groups -OCH3 is 1. The Morgan fingerprint density at radius 2 is 1.82 bits per heavy atom. The molecule has 1 aliphatic heterocycles. The zero-order valence-electron chi connectivity index (χ0n) is 18.9. The topological polar surface area (TPSA) is 60.0 Å². The molecule has 0 spiro atoms. The van der Waals surface area contributed by atoms with E-state index in [-0.39, 0.29) is 12.5 Å². The molecule has 0 aliphatic carbocycles. The van der Waals surface area contributed by atoms with E-state index >= 15 is 0 Å². The highest BCUT2D eigenvalue weighted by atomic mass is 35.5. The largest absolute Gasteiger partial charge is 0.496 e. The first kappa shape index (κ1) is 24.4. The van der Waals surface area contributed by atoms with Crippen molar-refractivity contribution in [3.8, 4) is 11.5 Å². The van der Waals surface area contributed by atoms with Gasteiger partial charge in [-0.25, -0.2) is 0 Å². The molecule has 0 bridgehead atoms. The molecule has 1 heterocycles. The molecule has 1 fully saturated rings. The molecule has 178 valence electrons. The maximum atomic E-state index is 13.0. The summed E-state index contributed by atoms with van der Waals surface area (Å²) in [6, 6.07) is 18.3. The minimum absolute atomic E-state index is 0.166. The molecule has 0 unspecified atom stereocenters. The van der Waals surface area contributed by atoms with Gasteiger partial charge in [-0.2, -0.15) is 0 Å². The first-order chi connectivity index (χ1) is 16.5. The Hall–Kier alpha value is -2.77. The summed E-state index contributed by atoms with van der Waals surface area (Å²) in [6.45, 7) is 4.32. The van der Waals surface area contributed by atoms with Crippen molar-refractivity contribution in [2.45, 2.75) is 13.2 Å². The zero-order chi connectivity index (χ0) is 23.9. The van der Waals surface area contributed by atoms with E-state index < -0.39 is 0 Å². The smallest absolute Gasteiger partial charge is 0.255 e. The lowest BCUT2D eigenvalue weighted by molar-refractivity contribution is 0.0342. The van der Waals surface area contributed by atoms with Crippen molar-refractivity contribution in [2.75, 3.05) is 38.7 Å². The third kappa shape index (κ3) is 6.21. The molecule has 4 rings (SSSR count). The highest BCUT2D eigenvalue weighted by molar-refractivity contribution is 6.42. The number of ether oxygens (including phenoxy) is 3. The van der Waals surface area contributed by atoms with E-state index in [1.807, 2.05) is 18.2 Å². The number of anilines is 1. The van der Waals surface area contributed by atoms with Gasteiger partial charge in [-0.3, -0.25) is 9.69 Å². The van der Waals surface area contributed by atoms with Gasteiger partial charge in [0.1, 0.15) is 23.1 Å². The Morgan fingerprint density at radius 3 is 2.62 bits per heavy atom. The van der Waals surface area contributed by atoms with Crippen molar-refractivity contribution < 1.29 is 19.0 Å². The van der Waals surface area contributed by atoms with Gasteiger partial charge in [-0.15, -0.1) is 0 Å². The summed E-state index contributed by atoms with van der Waals surface area (Å²) in [6.07, 6.45) is 0. The maximum Gasteiger partial charge on any atom is 0.255 e. The quantitative estimate of drug-likeness (QED) is 0.432. The third-order valence-electron chi connectivity index (χ3n) is 5.54. The van der Waals surface area contributed by atoms with Crippen LogP contribution in [0.15, 0.2) is 60.7 Å². The first-order valence-electron chi connectivity index (χ1n) is 11.0. The number of carbonyl (C=O) groups excluding carboxylic acids is 1. The van der Waals surface area contributed by atoms with Crippen molar-refractivity contribution >= 4 is 34.8 Å². The van der Waals surface area contributed by atoms with Crippen molar-refractivity contribution in [3.63, 3.8) is 0 Å². The van der Waals surface area contributed by atoms with E-state index in [0.717, 1.165) is 44.1 Å². The van der Waals surface area contributed by atoms with Gasteiger partial charge in [0.05, 0.1) is 25.3 Å². The lowest BCUT2D eigenvalue weighted by Crippen LogP contribution is -2.35. The van der Waals surface area contributed by atoms with Gasteiger partial charge in [-0.1, -0.05) is 41.4 Å². The van der Waals surface area contributed by atoms with E-state index in [9.17, 15) is 4.79 Å². The maximum absolute atomic E-state index is 13.0. The minimum Gasteiger partial charge on any atom is -0.496 e. The molecule has 1 amide bonds. The molecule has 0 saturated carbocycles. The van der Waals surface area contributed by atoms with Gasteiger partial charge in [0.25, 0.3) is 5.91 Å². The van der Waals surface area contributed by atoms with Crippen molar-refractivity contribution in [3.05, 3.63) is 87.4 Å². The van der Waals surface area contributed by atoms with Crippen LogP contribution in [0.4, 0.5) is 5.69 Å². The predicted molar refractivity (Wildman–Crippen MR) is 134 cm³/mol. The van der Waals surface area contributed by atoms with Crippen molar-refractivity contribution in [1.82, 2.24) is 4.90 Å². The molecule has 8 heteroatoms. The summed E-state index contributed by atoms with van der Waals surface area (Å²) in [4.78, 5) is 15.3. The van der Waals surface area contributed by atoms with Crippen molar-refractivity contribution in [1.29, 1.82) is 0 Å². The van der Waals surface area contributed by atoms with Gasteiger partial charge in [0.15, 0.2) is 0 Å². The molecule has 3 aromatic carbocycles. The van der Waals surface area contributed by atoms with Crippen LogP contribution in [0.2, 0.25) is 10.0 Å². The number of carbonyl (C=O) groups is 1. The third-order valence-corrected chi connectivity index (χ3v) is 6.34. The van der Waals surface area contributed by atoms with Crippen LogP contribution < -0.4 is 14.8 Å². The van der Waals surface area contributed by atoms with E-state index in [2.05, 4.69) is 16.3 Å². The van der Waals surface area contributed by atoms with Crippen LogP contribution in [0.1, 0.15) is 21.5 Å². The lowest BCUT2D eigenvalue weighted by Gasteiger charge is -2.26. The number of nitrogens with one attached hydrogen (secondary N) is 1. The highest BCUT2D eigenvalue weighted by Crippen LogP contribution is 2.32. The molecule has 34 heavy (non-hydrogen) atoms. The Labute approximate surface area is 209 Å². The standard InChI is InChI=1S/C26H26Cl2N2O4/c1-32-23-9-8-19(15-20(23)17-34-24-7-3-6-22(27)25(24)28)26(31)29-21-5-2-4-18(14-21)16-30-10-12-33-13-11-30/h2-9,14-15H,10-13,16-17H2,1H3,(H,29,31). The molecule has 0 aromatic heterocycles. The number of halogens is 2. The zero-order valence-corrected chi connectivity index (χ0v) is 20.4. The Morgan fingerprint density at radius 1 is 1.03 bits per heavy atom. The van der Waals surface area contributed by atoms with Gasteiger partial charge in [0.2, 0.25) is 0 Å². The summed E-state index contributed by atoms with van der Waals surface area (Å²) >= 11 is 12.3. The normalized spacial score (nSPS) is 14.0. The number of hydrogen-bond donors (Lipinski definition) is 1. The molecule has 0 radical (unpaired) electrons. The second kappa shape index (κ2) is 11.6. The van der Waals surface area contributed by atoms with Crippen LogP contribution in [-0.4, -0.2) is 44.2 Å². The number of morpholine rings is 1. The average Bonchev–Trinajstić information content (AvgIpc) is 2.85. The van der Waals surface area contributed by atoms with Gasteiger partial charge >= 0.3 is 0 Å². The second-order valence-corrected chi connectivity index (χ2v) is 8.70. The van der Waals surface area contributed by atoms with Crippen LogP contribution >= 0.6 is 23.2 Å². The molecule has 0 atom stereocenters. The molecule has 3 aromatic rings. The van der Waals surface area contributed by atoms with E-state index in [1.165, 1.54) is 0 Å². The number of amides is 1. The van der Waals surface area contributed by atoms with Crippen LogP contribution in [0, 0.1) is 0 Å². The van der Waals surface area contributed by atoms with Crippen LogP contribution in [0.3, 0.4) is 0 Å². The van der Waals surface area contributed by atoms with E-state index in [0.29, 0.717) is 32.7 Å². The molecule has 1 N–H and O–H groups in total. The SMILES string of the molecule is COc1ccc(C(=O)Nc2cccc(CN3CCOCC3)c2)cc1COc1cccc(Cl)c1Cl. The number of benzene rings is 3. The number of nitrogens with zero attached hydrogens (tertiary/aromatic N) is 1. The Bertz CT molecular complexity index is 1150. The monoisotopic (exact) mass is 500 g/mol. The summed E-state index contributed by atoms with van der Waals surface area (Å²) in [7, 11) is 1.57. The minimum atomic E-state index is -0.215. The Balaban J connectivity index is 1.45. The predicted octanol–water partition coefficient (Wildman–Crippen LogP) is 5.67. The fourth-order valence-electron chi connectivity index (χ4n) is 3.75. The van der Waals surface area contributed by atoms with Crippen LogP contribution in [0.25, 0.3) is 0 Å². The molecule has 6 nitrogen and oxygen atoms in total. The van der Waals surface area contributed by atoms with Crippen LogP contribution in [-0.2, 0) is 17.9 Å². The summed E-state index contributed by atoms with van der Waals surface area (Å²) < 4.78 is 16.7. The first-order valence-corrected chi connectivity index (χ1v) is 11.7.